The smallest absolute Gasteiger partial charge is 0.406 e. The van der Waals surface area contributed by atoms with E-state index in [2.05, 4.69) is 4.74 Å². The normalized spacial score (nSPS) is 12.0. The molecule has 0 heterocycles. The van der Waals surface area contributed by atoms with Crippen molar-refractivity contribution in [2.24, 2.45) is 5.73 Å². The van der Waals surface area contributed by atoms with Gasteiger partial charge in [0, 0.05) is 17.2 Å². The molecule has 0 saturated carbocycles. The number of rotatable bonds is 3. The molecule has 0 saturated heterocycles. The Hall–Kier alpha value is -1.50. The fourth-order valence-corrected chi connectivity index (χ4v) is 2.74. The quantitative estimate of drug-likeness (QED) is 0.859. The summed E-state index contributed by atoms with van der Waals surface area (Å²) >= 11 is 0. The van der Waals surface area contributed by atoms with Crippen LogP contribution in [-0.2, 0) is 15.6 Å². The highest BCUT2D eigenvalue weighted by molar-refractivity contribution is 8.13. The average Bonchev–Trinajstić information content (AvgIpc) is 2.23. The maximum atomic E-state index is 12.1. The van der Waals surface area contributed by atoms with E-state index >= 15 is 0 Å². The van der Waals surface area contributed by atoms with Gasteiger partial charge in [0.1, 0.15) is 16.7 Å². The largest absolute Gasteiger partial charge is 0.573 e. The molecule has 1 aromatic carbocycles. The van der Waals surface area contributed by atoms with Crippen molar-refractivity contribution in [3.63, 3.8) is 0 Å². The van der Waals surface area contributed by atoms with Gasteiger partial charge in [0.25, 0.3) is 9.05 Å². The van der Waals surface area contributed by atoms with Crippen LogP contribution in [0.25, 0.3) is 0 Å². The summed E-state index contributed by atoms with van der Waals surface area (Å²) in [6, 6.07) is 2.83. The SMILES string of the molecule is N#Cc1cc(OC(F)(F)F)cc(CN)c1S(=O)(=O)Cl. The number of nitrogens with two attached hydrogens (primary N) is 1. The van der Waals surface area contributed by atoms with Gasteiger partial charge >= 0.3 is 6.36 Å². The summed E-state index contributed by atoms with van der Waals surface area (Å²) in [4.78, 5) is -0.617. The molecule has 0 aliphatic rings. The van der Waals surface area contributed by atoms with Crippen LogP contribution in [0.4, 0.5) is 13.2 Å². The molecule has 0 fully saturated rings. The highest BCUT2D eigenvalue weighted by Crippen LogP contribution is 2.31. The van der Waals surface area contributed by atoms with Gasteiger partial charge in [-0.3, -0.25) is 0 Å². The van der Waals surface area contributed by atoms with Gasteiger partial charge in [-0.05, 0) is 17.7 Å². The van der Waals surface area contributed by atoms with E-state index in [1.54, 1.807) is 0 Å². The Morgan fingerprint density at radius 3 is 2.37 bits per heavy atom. The summed E-state index contributed by atoms with van der Waals surface area (Å²) in [5, 5.41) is 8.77. The Bertz CT molecular complexity index is 637. The Kier molecular flexibility index (Phi) is 4.29. The number of benzene rings is 1. The number of ether oxygens (including phenoxy) is 1. The van der Waals surface area contributed by atoms with Crippen molar-refractivity contribution in [3.05, 3.63) is 23.3 Å². The lowest BCUT2D eigenvalue weighted by Crippen LogP contribution is -2.18. The zero-order valence-electron chi connectivity index (χ0n) is 9.03. The van der Waals surface area contributed by atoms with E-state index in [0.29, 0.717) is 6.07 Å². The summed E-state index contributed by atoms with van der Waals surface area (Å²) in [5.74, 6) is -0.742. The maximum Gasteiger partial charge on any atom is 0.573 e. The van der Waals surface area contributed by atoms with Crippen molar-refractivity contribution < 1.29 is 26.3 Å². The van der Waals surface area contributed by atoms with E-state index in [-0.39, 0.29) is 5.56 Å². The van der Waals surface area contributed by atoms with E-state index in [9.17, 15) is 21.6 Å². The maximum absolute atomic E-state index is 12.1. The lowest BCUT2D eigenvalue weighted by Gasteiger charge is -2.12. The zero-order valence-corrected chi connectivity index (χ0v) is 10.6. The molecule has 0 aliphatic carbocycles. The lowest BCUT2D eigenvalue weighted by molar-refractivity contribution is -0.274. The Balaban J connectivity index is 3.51. The molecule has 104 valence electrons. The van der Waals surface area contributed by atoms with Crippen LogP contribution in [-0.4, -0.2) is 14.8 Å². The minimum atomic E-state index is -4.97. The number of halogens is 4. The first-order valence-electron chi connectivity index (χ1n) is 4.56. The fraction of sp³-hybridized carbons (Fsp3) is 0.222. The number of hydrogen-bond acceptors (Lipinski definition) is 5. The topological polar surface area (TPSA) is 93.2 Å². The third-order valence-corrected chi connectivity index (χ3v) is 3.39. The van der Waals surface area contributed by atoms with Gasteiger partial charge in [-0.1, -0.05) is 0 Å². The molecule has 1 aromatic rings. The lowest BCUT2D eigenvalue weighted by atomic mass is 10.1. The highest BCUT2D eigenvalue weighted by atomic mass is 35.7. The monoisotopic (exact) mass is 314 g/mol. The Morgan fingerprint density at radius 1 is 1.42 bits per heavy atom. The van der Waals surface area contributed by atoms with Gasteiger partial charge in [-0.2, -0.15) is 5.26 Å². The van der Waals surface area contributed by atoms with Gasteiger partial charge in [-0.15, -0.1) is 13.2 Å². The summed E-state index contributed by atoms with van der Waals surface area (Å²) in [6.45, 7) is -0.426. The molecule has 0 radical (unpaired) electrons. The molecule has 0 unspecified atom stereocenters. The van der Waals surface area contributed by atoms with Crippen LogP contribution in [0.2, 0.25) is 0 Å². The Labute approximate surface area is 110 Å². The highest BCUT2D eigenvalue weighted by Gasteiger charge is 2.32. The van der Waals surface area contributed by atoms with E-state index in [4.69, 9.17) is 21.7 Å². The molecule has 0 aliphatic heterocycles. The van der Waals surface area contributed by atoms with E-state index in [1.165, 1.54) is 6.07 Å². The average molecular weight is 315 g/mol. The van der Waals surface area contributed by atoms with E-state index in [1.807, 2.05) is 0 Å². The molecule has 1 rings (SSSR count). The fourth-order valence-electron chi connectivity index (χ4n) is 1.37. The predicted octanol–water partition coefficient (Wildman–Crippen LogP) is 1.84. The van der Waals surface area contributed by atoms with Crippen molar-refractivity contribution in [2.45, 2.75) is 17.8 Å². The number of alkyl halides is 3. The van der Waals surface area contributed by atoms with Crippen molar-refractivity contribution in [2.75, 3.05) is 0 Å². The molecule has 0 amide bonds. The van der Waals surface area contributed by atoms with Crippen molar-refractivity contribution >= 4 is 19.7 Å². The molecule has 5 nitrogen and oxygen atoms in total. The summed E-state index contributed by atoms with van der Waals surface area (Å²) in [6.07, 6.45) is -4.97. The molecule has 0 atom stereocenters. The van der Waals surface area contributed by atoms with Crippen molar-refractivity contribution in [3.8, 4) is 11.8 Å². The standard InChI is InChI=1S/C9H6ClF3N2O3S/c10-19(16,17)8-5(3-14)1-7(2-6(8)4-15)18-9(11,12)13/h1-2H,3,14H2. The van der Waals surface area contributed by atoms with Crippen LogP contribution < -0.4 is 10.5 Å². The molecule has 0 aromatic heterocycles. The van der Waals surface area contributed by atoms with Gasteiger partial charge in [0.15, 0.2) is 0 Å². The Morgan fingerprint density at radius 2 is 2.00 bits per heavy atom. The second kappa shape index (κ2) is 5.24. The minimum absolute atomic E-state index is 0.242. The second-order valence-corrected chi connectivity index (χ2v) is 5.76. The second-order valence-electron chi connectivity index (χ2n) is 3.26. The van der Waals surface area contributed by atoms with Crippen LogP contribution in [0.5, 0.6) is 5.75 Å². The van der Waals surface area contributed by atoms with Crippen LogP contribution in [0.3, 0.4) is 0 Å². The molecule has 19 heavy (non-hydrogen) atoms. The summed E-state index contributed by atoms with van der Waals surface area (Å²) in [7, 11) is 0.798. The third kappa shape index (κ3) is 3.99. The first kappa shape index (κ1) is 15.6. The first-order chi connectivity index (χ1) is 8.58. The minimum Gasteiger partial charge on any atom is -0.406 e. The molecular formula is C9H6ClF3N2O3S. The van der Waals surface area contributed by atoms with Crippen molar-refractivity contribution in [1.82, 2.24) is 0 Å². The van der Waals surface area contributed by atoms with Gasteiger partial charge < -0.3 is 10.5 Å². The van der Waals surface area contributed by atoms with Crippen molar-refractivity contribution in [1.29, 1.82) is 5.26 Å². The van der Waals surface area contributed by atoms with Gasteiger partial charge in [0.2, 0.25) is 0 Å². The zero-order chi connectivity index (χ0) is 14.8. The molecule has 2 N–H and O–H groups in total. The van der Waals surface area contributed by atoms with Gasteiger partial charge in [-0.25, -0.2) is 8.42 Å². The van der Waals surface area contributed by atoms with E-state index < -0.39 is 38.2 Å². The molecular weight excluding hydrogens is 309 g/mol. The van der Waals surface area contributed by atoms with E-state index in [0.717, 1.165) is 6.07 Å². The number of nitrogens with zero attached hydrogens (tertiary/aromatic N) is 1. The summed E-state index contributed by atoms with van der Waals surface area (Å²) < 4.78 is 62.4. The van der Waals surface area contributed by atoms with Crippen LogP contribution in [0, 0.1) is 11.3 Å². The predicted molar refractivity (Wildman–Crippen MR) is 58.8 cm³/mol. The molecule has 0 spiro atoms. The van der Waals surface area contributed by atoms with Crippen LogP contribution in [0.1, 0.15) is 11.1 Å². The third-order valence-electron chi connectivity index (χ3n) is 1.96. The first-order valence-corrected chi connectivity index (χ1v) is 6.87. The molecule has 0 bridgehead atoms. The van der Waals surface area contributed by atoms with Gasteiger partial charge in [0.05, 0.1) is 5.56 Å². The molecule has 10 heteroatoms. The number of hydrogen-bond donors (Lipinski definition) is 1. The van der Waals surface area contributed by atoms with Crippen LogP contribution in [0.15, 0.2) is 17.0 Å². The van der Waals surface area contributed by atoms with Crippen LogP contribution >= 0.6 is 10.7 Å². The summed E-state index contributed by atoms with van der Waals surface area (Å²) in [5.41, 5.74) is 4.42. The number of nitriles is 1.